The third kappa shape index (κ3) is 5.16. The van der Waals surface area contributed by atoms with Crippen LogP contribution < -0.4 is 10.1 Å². The van der Waals surface area contributed by atoms with Crippen molar-refractivity contribution in [1.82, 2.24) is 4.98 Å². The van der Waals surface area contributed by atoms with Crippen LogP contribution in [0.5, 0.6) is 5.75 Å². The molecule has 0 atom stereocenters. The van der Waals surface area contributed by atoms with Gasteiger partial charge in [0.2, 0.25) is 0 Å². The average Bonchev–Trinajstić information content (AvgIpc) is 3.22. The summed E-state index contributed by atoms with van der Waals surface area (Å²) in [5.41, 5.74) is 3.43. The minimum atomic E-state index is -0.617. The molecule has 2 aromatic carbocycles. The number of nitrogens with one attached hydrogen (secondary N) is 1. The second-order valence-corrected chi connectivity index (χ2v) is 6.72. The smallest absolute Gasteiger partial charge is 0.266 e. The fraction of sp³-hybridized carbons (Fsp3) is 0.0500. The number of rotatable bonds is 6. The first kappa shape index (κ1) is 19.5. The third-order valence-electron chi connectivity index (χ3n) is 3.60. The summed E-state index contributed by atoms with van der Waals surface area (Å²) in [6.07, 6.45) is 1.45. The van der Waals surface area contributed by atoms with E-state index in [4.69, 9.17) is 16.3 Å². The second-order valence-electron chi connectivity index (χ2n) is 5.59. The van der Waals surface area contributed by atoms with Crippen molar-refractivity contribution in [2.24, 2.45) is 0 Å². The molecule has 1 aromatic heterocycles. The number of nitriles is 1. The number of halogens is 2. The Morgan fingerprint density at radius 2 is 2.11 bits per heavy atom. The standard InChI is InChI=1S/C20H13ClFN3O2S/c21-18-8-15(3-6-19(18)22)25-20(26)14(9-23)7-13-1-4-17(5-2-13)27-10-16-11-28-12-24-16/h1-8,11-12H,10H2,(H,25,26)/b14-7+. The fourth-order valence-corrected chi connectivity index (χ4v) is 2.94. The topological polar surface area (TPSA) is 75.0 Å². The molecule has 1 N–H and O–H groups in total. The van der Waals surface area contributed by atoms with Crippen LogP contribution in [0.15, 0.2) is 58.9 Å². The predicted molar refractivity (Wildman–Crippen MR) is 107 cm³/mol. The maximum Gasteiger partial charge on any atom is 0.266 e. The minimum absolute atomic E-state index is 0.100. The molecule has 0 radical (unpaired) electrons. The maximum absolute atomic E-state index is 13.2. The minimum Gasteiger partial charge on any atom is -0.487 e. The van der Waals surface area contributed by atoms with Crippen molar-refractivity contribution < 1.29 is 13.9 Å². The van der Waals surface area contributed by atoms with Gasteiger partial charge in [-0.05, 0) is 42.0 Å². The zero-order chi connectivity index (χ0) is 19.9. The zero-order valence-electron chi connectivity index (χ0n) is 14.4. The normalized spacial score (nSPS) is 11.0. The van der Waals surface area contributed by atoms with Crippen LogP contribution in [0.3, 0.4) is 0 Å². The summed E-state index contributed by atoms with van der Waals surface area (Å²) < 4.78 is 18.8. The summed E-state index contributed by atoms with van der Waals surface area (Å²) in [5.74, 6) is -0.559. The molecule has 1 amide bonds. The number of carbonyl (C=O) groups is 1. The molecule has 5 nitrogen and oxygen atoms in total. The van der Waals surface area contributed by atoms with E-state index in [-0.39, 0.29) is 10.6 Å². The van der Waals surface area contributed by atoms with E-state index in [1.807, 2.05) is 11.4 Å². The molecule has 0 fully saturated rings. The van der Waals surface area contributed by atoms with Gasteiger partial charge in [0.1, 0.15) is 29.8 Å². The monoisotopic (exact) mass is 413 g/mol. The molecule has 3 aromatic rings. The summed E-state index contributed by atoms with van der Waals surface area (Å²) in [6.45, 7) is 0.366. The molecule has 0 bridgehead atoms. The van der Waals surface area contributed by atoms with E-state index in [1.54, 1.807) is 29.8 Å². The Morgan fingerprint density at radius 3 is 2.75 bits per heavy atom. The van der Waals surface area contributed by atoms with Crippen LogP contribution in [0.4, 0.5) is 10.1 Å². The summed E-state index contributed by atoms with van der Waals surface area (Å²) in [7, 11) is 0. The Labute approximate surface area is 169 Å². The number of hydrogen-bond acceptors (Lipinski definition) is 5. The number of benzene rings is 2. The van der Waals surface area contributed by atoms with Crippen LogP contribution in [0, 0.1) is 17.1 Å². The summed E-state index contributed by atoms with van der Waals surface area (Å²) >= 11 is 7.19. The van der Waals surface area contributed by atoms with Gasteiger partial charge in [0, 0.05) is 11.1 Å². The van der Waals surface area contributed by atoms with Crippen LogP contribution in [-0.4, -0.2) is 10.9 Å². The van der Waals surface area contributed by atoms with Crippen molar-refractivity contribution in [3.63, 3.8) is 0 Å². The largest absolute Gasteiger partial charge is 0.487 e. The average molecular weight is 414 g/mol. The number of amides is 1. The third-order valence-corrected chi connectivity index (χ3v) is 4.53. The molecule has 0 aliphatic carbocycles. The number of anilines is 1. The lowest BCUT2D eigenvalue weighted by molar-refractivity contribution is -0.112. The number of ether oxygens (including phenoxy) is 1. The predicted octanol–water partition coefficient (Wildman–Crippen LogP) is 5.06. The highest BCUT2D eigenvalue weighted by Gasteiger charge is 2.11. The lowest BCUT2D eigenvalue weighted by atomic mass is 10.1. The Kier molecular flexibility index (Phi) is 6.37. The van der Waals surface area contributed by atoms with Crippen LogP contribution >= 0.6 is 22.9 Å². The first-order valence-electron chi connectivity index (χ1n) is 8.03. The number of nitrogens with zero attached hydrogens (tertiary/aromatic N) is 2. The molecule has 1 heterocycles. The molecule has 0 spiro atoms. The molecule has 28 heavy (non-hydrogen) atoms. The van der Waals surface area contributed by atoms with Crippen molar-refractivity contribution in [2.45, 2.75) is 6.61 Å². The zero-order valence-corrected chi connectivity index (χ0v) is 15.9. The lowest BCUT2D eigenvalue weighted by Gasteiger charge is -2.06. The van der Waals surface area contributed by atoms with E-state index in [2.05, 4.69) is 10.3 Å². The molecule has 0 saturated heterocycles. The van der Waals surface area contributed by atoms with E-state index < -0.39 is 11.7 Å². The highest BCUT2D eigenvalue weighted by molar-refractivity contribution is 7.07. The van der Waals surface area contributed by atoms with E-state index >= 15 is 0 Å². The molecular formula is C20H13ClFN3O2S. The number of thiazole rings is 1. The fourth-order valence-electron chi connectivity index (χ4n) is 2.21. The maximum atomic E-state index is 13.2. The number of carbonyl (C=O) groups excluding carboxylic acids is 1. The molecule has 0 aliphatic rings. The quantitative estimate of drug-likeness (QED) is 0.452. The van der Waals surface area contributed by atoms with Crippen molar-refractivity contribution >= 4 is 40.6 Å². The van der Waals surface area contributed by atoms with Gasteiger partial charge in [-0.3, -0.25) is 4.79 Å². The van der Waals surface area contributed by atoms with Crippen LogP contribution in [0.1, 0.15) is 11.3 Å². The number of aromatic nitrogens is 1. The van der Waals surface area contributed by atoms with Gasteiger partial charge >= 0.3 is 0 Å². The van der Waals surface area contributed by atoms with Gasteiger partial charge in [0.25, 0.3) is 5.91 Å². The molecular weight excluding hydrogens is 401 g/mol. The number of hydrogen-bond donors (Lipinski definition) is 1. The Morgan fingerprint density at radius 1 is 1.32 bits per heavy atom. The van der Waals surface area contributed by atoms with Crippen molar-refractivity contribution in [3.8, 4) is 11.8 Å². The van der Waals surface area contributed by atoms with Crippen LogP contribution in [-0.2, 0) is 11.4 Å². The first-order chi connectivity index (χ1) is 13.5. The van der Waals surface area contributed by atoms with Crippen LogP contribution in [0.25, 0.3) is 6.08 Å². The van der Waals surface area contributed by atoms with Gasteiger partial charge in [0.05, 0.1) is 16.2 Å². The van der Waals surface area contributed by atoms with Gasteiger partial charge in [-0.15, -0.1) is 11.3 Å². The van der Waals surface area contributed by atoms with E-state index in [0.29, 0.717) is 23.6 Å². The van der Waals surface area contributed by atoms with Crippen molar-refractivity contribution in [2.75, 3.05) is 5.32 Å². The van der Waals surface area contributed by atoms with E-state index in [0.717, 1.165) is 11.8 Å². The van der Waals surface area contributed by atoms with E-state index in [9.17, 15) is 14.4 Å². The Hall–Kier alpha value is -3.21. The van der Waals surface area contributed by atoms with Crippen molar-refractivity contribution in [1.29, 1.82) is 5.26 Å². The van der Waals surface area contributed by atoms with Gasteiger partial charge < -0.3 is 10.1 Å². The molecule has 8 heteroatoms. The second kappa shape index (κ2) is 9.13. The van der Waals surface area contributed by atoms with Gasteiger partial charge in [-0.2, -0.15) is 5.26 Å². The Balaban J connectivity index is 1.66. The van der Waals surface area contributed by atoms with Crippen molar-refractivity contribution in [3.05, 3.63) is 81.0 Å². The Bertz CT molecular complexity index is 1040. The van der Waals surface area contributed by atoms with E-state index in [1.165, 1.54) is 29.5 Å². The molecule has 0 saturated carbocycles. The SMILES string of the molecule is N#C/C(=C\c1ccc(OCc2cscn2)cc1)C(=O)Nc1ccc(F)c(Cl)c1. The lowest BCUT2D eigenvalue weighted by Crippen LogP contribution is -2.13. The highest BCUT2D eigenvalue weighted by atomic mass is 35.5. The molecule has 3 rings (SSSR count). The van der Waals surface area contributed by atoms with Gasteiger partial charge in [-0.25, -0.2) is 9.37 Å². The molecule has 140 valence electrons. The first-order valence-corrected chi connectivity index (χ1v) is 9.35. The summed E-state index contributed by atoms with van der Waals surface area (Å²) in [4.78, 5) is 16.4. The van der Waals surface area contributed by atoms with Gasteiger partial charge in [0.15, 0.2) is 0 Å². The molecule has 0 aliphatic heterocycles. The van der Waals surface area contributed by atoms with Gasteiger partial charge in [-0.1, -0.05) is 23.7 Å². The summed E-state index contributed by atoms with van der Waals surface area (Å²) in [5, 5.41) is 13.6. The highest BCUT2D eigenvalue weighted by Crippen LogP contribution is 2.20. The summed E-state index contributed by atoms with van der Waals surface area (Å²) in [6, 6.07) is 12.6. The van der Waals surface area contributed by atoms with Crippen LogP contribution in [0.2, 0.25) is 5.02 Å². The molecule has 0 unspecified atom stereocenters.